The largest absolute Gasteiger partial charge is 0.380 e. The number of likely N-dealkylation sites (N-methyl/N-ethyl adjacent to an activating group) is 1. The van der Waals surface area contributed by atoms with Gasteiger partial charge in [-0.2, -0.15) is 12.6 Å². The van der Waals surface area contributed by atoms with E-state index in [1.54, 1.807) is 0 Å². The lowest BCUT2D eigenvalue weighted by Crippen LogP contribution is -2.34. The first-order valence-corrected chi connectivity index (χ1v) is 12.0. The number of allylic oxidation sites excluding steroid dienone is 4. The quantitative estimate of drug-likeness (QED) is 0.300. The fraction of sp³-hybridized carbons (Fsp3) is 0.519. The van der Waals surface area contributed by atoms with E-state index in [4.69, 9.17) is 4.99 Å². The number of aryl methyl sites for hydroxylation is 1. The summed E-state index contributed by atoms with van der Waals surface area (Å²) in [5.74, 6) is 1.99. The van der Waals surface area contributed by atoms with Crippen molar-refractivity contribution in [3.8, 4) is 0 Å². The van der Waals surface area contributed by atoms with Crippen LogP contribution < -0.4 is 5.32 Å². The molecule has 3 aliphatic rings. The van der Waals surface area contributed by atoms with Gasteiger partial charge in [0, 0.05) is 48.6 Å². The van der Waals surface area contributed by atoms with Crippen molar-refractivity contribution in [1.82, 2.24) is 4.90 Å². The van der Waals surface area contributed by atoms with Crippen LogP contribution in [0.5, 0.6) is 0 Å². The lowest BCUT2D eigenvalue weighted by atomic mass is 9.63. The third-order valence-corrected chi connectivity index (χ3v) is 6.90. The highest BCUT2D eigenvalue weighted by Crippen LogP contribution is 2.59. The molecule has 3 nitrogen and oxygen atoms in total. The molecular formula is C27H39N3S. The van der Waals surface area contributed by atoms with Crippen molar-refractivity contribution in [1.29, 1.82) is 0 Å². The van der Waals surface area contributed by atoms with Gasteiger partial charge in [-0.1, -0.05) is 39.5 Å². The molecule has 31 heavy (non-hydrogen) atoms. The molecule has 0 spiro atoms. The number of nitrogens with zero attached hydrogens (tertiary/aromatic N) is 2. The lowest BCUT2D eigenvalue weighted by Gasteiger charge is -2.41. The zero-order valence-electron chi connectivity index (χ0n) is 18.9. The van der Waals surface area contributed by atoms with E-state index in [1.165, 1.54) is 39.1 Å². The van der Waals surface area contributed by atoms with E-state index in [-0.39, 0.29) is 12.8 Å². The predicted octanol–water partition coefficient (Wildman–Crippen LogP) is 6.54. The van der Waals surface area contributed by atoms with Gasteiger partial charge < -0.3 is 10.2 Å². The molecule has 1 aromatic carbocycles. The van der Waals surface area contributed by atoms with Crippen LogP contribution in [0.3, 0.4) is 0 Å². The highest BCUT2D eigenvalue weighted by atomic mass is 32.1. The van der Waals surface area contributed by atoms with Gasteiger partial charge in [0.1, 0.15) is 5.84 Å². The first kappa shape index (κ1) is 23.7. The van der Waals surface area contributed by atoms with Gasteiger partial charge in [-0.3, -0.25) is 4.99 Å². The van der Waals surface area contributed by atoms with E-state index in [9.17, 15) is 0 Å². The maximum absolute atomic E-state index is 4.91. The van der Waals surface area contributed by atoms with Gasteiger partial charge in [-0.25, -0.2) is 0 Å². The Morgan fingerprint density at radius 3 is 2.81 bits per heavy atom. The molecule has 1 aromatic rings. The van der Waals surface area contributed by atoms with Crippen LogP contribution in [0.1, 0.15) is 58.6 Å². The molecule has 0 amide bonds. The maximum atomic E-state index is 4.91. The standard InChI is InChI=1S/C26H35N3S.CH4/c1-5-9-27-25(29(6-2)10-11-30)14-20-16-26(4)15-19(13-23(20)26)22-17-28-24-12-18(3)7-8-21(22)24;/h7-8,12-14,28,30H,5-6,9-11,15-17H2,1-4H3;1H4/b20-14+,22-19-,27-25?;. The highest BCUT2D eigenvalue weighted by molar-refractivity contribution is 7.80. The Kier molecular flexibility index (Phi) is 7.41. The topological polar surface area (TPSA) is 27.6 Å². The minimum absolute atomic E-state index is 0. The number of amidine groups is 1. The Morgan fingerprint density at radius 2 is 2.10 bits per heavy atom. The van der Waals surface area contributed by atoms with Crippen LogP contribution in [0, 0.1) is 12.3 Å². The molecule has 1 atom stereocenters. The zero-order chi connectivity index (χ0) is 21.3. The molecule has 0 radical (unpaired) electrons. The fourth-order valence-electron chi connectivity index (χ4n) is 5.09. The molecule has 2 aliphatic carbocycles. The molecule has 0 bridgehead atoms. The number of nitrogens with one attached hydrogen (secondary N) is 1. The van der Waals surface area contributed by atoms with Crippen molar-refractivity contribution < 1.29 is 0 Å². The summed E-state index contributed by atoms with van der Waals surface area (Å²) in [6.45, 7) is 12.7. The van der Waals surface area contributed by atoms with Crippen molar-refractivity contribution in [2.75, 3.05) is 37.2 Å². The second kappa shape index (κ2) is 9.68. The number of hydrogen-bond acceptors (Lipinski definition) is 3. The summed E-state index contributed by atoms with van der Waals surface area (Å²) in [7, 11) is 0. The average Bonchev–Trinajstić information content (AvgIpc) is 3.25. The number of fused-ring (bicyclic) bond motifs is 2. The van der Waals surface area contributed by atoms with Crippen LogP contribution in [0.4, 0.5) is 5.69 Å². The van der Waals surface area contributed by atoms with Gasteiger partial charge in [0.2, 0.25) is 0 Å². The van der Waals surface area contributed by atoms with E-state index >= 15 is 0 Å². The molecule has 1 unspecified atom stereocenters. The first-order valence-electron chi connectivity index (χ1n) is 11.4. The van der Waals surface area contributed by atoms with Gasteiger partial charge in [0.25, 0.3) is 0 Å². The number of hydrogen-bond donors (Lipinski definition) is 2. The number of benzene rings is 1. The summed E-state index contributed by atoms with van der Waals surface area (Å²) in [5.41, 5.74) is 10.3. The second-order valence-corrected chi connectivity index (χ2v) is 9.54. The minimum atomic E-state index is 0. The highest BCUT2D eigenvalue weighted by Gasteiger charge is 2.46. The summed E-state index contributed by atoms with van der Waals surface area (Å²) in [6, 6.07) is 6.79. The predicted molar refractivity (Wildman–Crippen MR) is 141 cm³/mol. The van der Waals surface area contributed by atoms with Crippen LogP contribution in [0.2, 0.25) is 0 Å². The Morgan fingerprint density at radius 1 is 1.29 bits per heavy atom. The summed E-state index contributed by atoms with van der Waals surface area (Å²) in [5, 5.41) is 3.60. The second-order valence-electron chi connectivity index (χ2n) is 9.09. The maximum Gasteiger partial charge on any atom is 0.123 e. The van der Waals surface area contributed by atoms with Gasteiger partial charge >= 0.3 is 0 Å². The van der Waals surface area contributed by atoms with E-state index in [0.717, 1.165) is 57.0 Å². The molecule has 1 N–H and O–H groups in total. The third kappa shape index (κ3) is 4.50. The van der Waals surface area contributed by atoms with E-state index < -0.39 is 0 Å². The van der Waals surface area contributed by atoms with E-state index in [2.05, 4.69) is 80.9 Å². The molecule has 1 saturated carbocycles. The van der Waals surface area contributed by atoms with Crippen molar-refractivity contribution in [2.24, 2.45) is 10.4 Å². The minimum Gasteiger partial charge on any atom is -0.380 e. The van der Waals surface area contributed by atoms with Gasteiger partial charge in [-0.15, -0.1) is 0 Å². The van der Waals surface area contributed by atoms with Crippen molar-refractivity contribution in [2.45, 2.75) is 54.4 Å². The number of anilines is 1. The molecule has 4 rings (SSSR count). The molecule has 1 heterocycles. The van der Waals surface area contributed by atoms with Crippen LogP contribution in [0.25, 0.3) is 5.57 Å². The van der Waals surface area contributed by atoms with Crippen molar-refractivity contribution in [3.05, 3.63) is 58.2 Å². The van der Waals surface area contributed by atoms with E-state index in [1.807, 2.05) is 0 Å². The van der Waals surface area contributed by atoms with Crippen molar-refractivity contribution in [3.63, 3.8) is 0 Å². The molecule has 1 fully saturated rings. The number of thiol groups is 1. The third-order valence-electron chi connectivity index (χ3n) is 6.70. The average molecular weight is 438 g/mol. The van der Waals surface area contributed by atoms with Gasteiger partial charge in [0.15, 0.2) is 0 Å². The number of rotatable bonds is 6. The fourth-order valence-corrected chi connectivity index (χ4v) is 5.33. The smallest absolute Gasteiger partial charge is 0.123 e. The Balaban J connectivity index is 0.00000272. The molecule has 0 saturated heterocycles. The molecule has 0 aromatic heterocycles. The van der Waals surface area contributed by atoms with Gasteiger partial charge in [-0.05, 0) is 73.1 Å². The van der Waals surface area contributed by atoms with E-state index in [0.29, 0.717) is 0 Å². The Labute approximate surface area is 194 Å². The Bertz CT molecular complexity index is 953. The number of aliphatic imine (C=N–C) groups is 1. The normalized spacial score (nSPS) is 25.4. The summed E-state index contributed by atoms with van der Waals surface area (Å²) in [4.78, 5) is 7.27. The lowest BCUT2D eigenvalue weighted by molar-refractivity contribution is 0.354. The summed E-state index contributed by atoms with van der Waals surface area (Å²) in [6.07, 6.45) is 8.21. The van der Waals surface area contributed by atoms with Crippen LogP contribution in [0.15, 0.2) is 52.1 Å². The molecule has 168 valence electrons. The van der Waals surface area contributed by atoms with Crippen LogP contribution in [-0.4, -0.2) is 42.7 Å². The first-order chi connectivity index (χ1) is 14.5. The summed E-state index contributed by atoms with van der Waals surface area (Å²) < 4.78 is 0. The molecule has 4 heteroatoms. The zero-order valence-corrected chi connectivity index (χ0v) is 19.8. The summed E-state index contributed by atoms with van der Waals surface area (Å²) >= 11 is 4.45. The van der Waals surface area contributed by atoms with Crippen LogP contribution in [-0.2, 0) is 0 Å². The van der Waals surface area contributed by atoms with Crippen molar-refractivity contribution >= 4 is 29.7 Å². The van der Waals surface area contributed by atoms with Gasteiger partial charge in [0.05, 0.1) is 0 Å². The Hall–Kier alpha value is -1.94. The molecular weight excluding hydrogens is 398 g/mol. The monoisotopic (exact) mass is 437 g/mol. The molecule has 1 aliphatic heterocycles. The van der Waals surface area contributed by atoms with Crippen LogP contribution >= 0.6 is 12.6 Å². The SMILES string of the molecule is C.CCCN=C(/C=C1\CC2(C)C/C(=C3/CNc4cc(C)ccc43)C=C12)N(CC)CCS.